The Morgan fingerprint density at radius 3 is 2.48 bits per heavy atom. The van der Waals surface area contributed by atoms with Gasteiger partial charge in [-0.15, -0.1) is 11.3 Å². The lowest BCUT2D eigenvalue weighted by Gasteiger charge is -2.22. The Kier molecular flexibility index (Phi) is 6.30. The molecule has 0 unspecified atom stereocenters. The summed E-state index contributed by atoms with van der Waals surface area (Å²) in [6.45, 7) is 3.66. The zero-order valence-corrected chi connectivity index (χ0v) is 19.6. The van der Waals surface area contributed by atoms with Crippen LogP contribution in [0.4, 0.5) is 5.69 Å². The van der Waals surface area contributed by atoms with Crippen LogP contribution in [0, 0.1) is 6.92 Å². The van der Waals surface area contributed by atoms with E-state index in [0.29, 0.717) is 16.3 Å². The molecule has 0 atom stereocenters. The van der Waals surface area contributed by atoms with Crippen LogP contribution >= 0.6 is 11.3 Å². The summed E-state index contributed by atoms with van der Waals surface area (Å²) in [5.74, 6) is -0.640. The summed E-state index contributed by atoms with van der Waals surface area (Å²) < 4.78 is 34.2. The van der Waals surface area contributed by atoms with Crippen LogP contribution in [0.2, 0.25) is 0 Å². The van der Waals surface area contributed by atoms with Gasteiger partial charge in [0.15, 0.2) is 4.96 Å². The van der Waals surface area contributed by atoms with Crippen LogP contribution < -0.4 is 9.86 Å². The Balaban J connectivity index is 1.49. The molecule has 4 aromatic rings. The number of fused-ring (bicyclic) bond motifs is 1. The first kappa shape index (κ1) is 22.7. The standard InChI is InChI=1S/C23H21N3O5S2/c1-3-25(19-7-5-4-6-8-19)33(29,30)20-11-9-17(10-12-20)22(28)31-14-18-13-21(27)26-16(2)15-32-23(26)24-18/h4-13,15H,3,14H2,1-2H3. The van der Waals surface area contributed by atoms with Crippen molar-refractivity contribution in [2.45, 2.75) is 25.3 Å². The highest BCUT2D eigenvalue weighted by molar-refractivity contribution is 7.92. The van der Waals surface area contributed by atoms with Crippen molar-refractivity contribution in [1.82, 2.24) is 9.38 Å². The second kappa shape index (κ2) is 9.16. The third-order valence-corrected chi connectivity index (χ3v) is 7.85. The summed E-state index contributed by atoms with van der Waals surface area (Å²) in [6, 6.07) is 15.7. The van der Waals surface area contributed by atoms with Crippen LogP contribution in [0.25, 0.3) is 4.96 Å². The van der Waals surface area contributed by atoms with E-state index in [1.165, 1.54) is 50.4 Å². The van der Waals surface area contributed by atoms with Gasteiger partial charge in [0.25, 0.3) is 15.6 Å². The van der Waals surface area contributed by atoms with Crippen molar-refractivity contribution < 1.29 is 17.9 Å². The second-order valence-corrected chi connectivity index (χ2v) is 9.89. The van der Waals surface area contributed by atoms with Crippen molar-refractivity contribution in [1.29, 1.82) is 0 Å². The Morgan fingerprint density at radius 1 is 1.12 bits per heavy atom. The first-order valence-electron chi connectivity index (χ1n) is 10.1. The molecule has 2 aromatic heterocycles. The third-order valence-electron chi connectivity index (χ3n) is 4.99. The van der Waals surface area contributed by atoms with Crippen molar-refractivity contribution in [2.24, 2.45) is 0 Å². The van der Waals surface area contributed by atoms with E-state index in [4.69, 9.17) is 4.74 Å². The molecular formula is C23H21N3O5S2. The number of carbonyl (C=O) groups is 1. The molecule has 0 saturated carbocycles. The fourth-order valence-corrected chi connectivity index (χ4v) is 5.74. The van der Waals surface area contributed by atoms with Crippen LogP contribution in [0.5, 0.6) is 0 Å². The number of ether oxygens (including phenoxy) is 1. The van der Waals surface area contributed by atoms with Gasteiger partial charge in [0, 0.05) is 23.7 Å². The van der Waals surface area contributed by atoms with Gasteiger partial charge in [-0.05, 0) is 50.2 Å². The molecule has 170 valence electrons. The number of nitrogens with zero attached hydrogens (tertiary/aromatic N) is 3. The van der Waals surface area contributed by atoms with Crippen molar-refractivity contribution in [3.05, 3.63) is 93.3 Å². The molecule has 2 aromatic carbocycles. The maximum absolute atomic E-state index is 13.1. The molecule has 8 nitrogen and oxygen atoms in total. The van der Waals surface area contributed by atoms with Crippen molar-refractivity contribution >= 4 is 38.0 Å². The van der Waals surface area contributed by atoms with Gasteiger partial charge in [-0.1, -0.05) is 18.2 Å². The minimum absolute atomic E-state index is 0.0676. The van der Waals surface area contributed by atoms with Gasteiger partial charge in [0.05, 0.1) is 21.8 Å². The highest BCUT2D eigenvalue weighted by atomic mass is 32.2. The molecule has 0 saturated heterocycles. The predicted octanol–water partition coefficient (Wildman–Crippen LogP) is 3.64. The smallest absolute Gasteiger partial charge is 0.338 e. The number of thiazole rings is 1. The lowest BCUT2D eigenvalue weighted by atomic mass is 10.2. The van der Waals surface area contributed by atoms with Gasteiger partial charge in [0.1, 0.15) is 6.61 Å². The number of sulfonamides is 1. The molecule has 0 spiro atoms. The molecule has 0 aliphatic heterocycles. The summed E-state index contributed by atoms with van der Waals surface area (Å²) in [4.78, 5) is 29.6. The largest absolute Gasteiger partial charge is 0.456 e. The number of aryl methyl sites for hydroxylation is 1. The molecule has 0 bridgehead atoms. The number of para-hydroxylation sites is 1. The average molecular weight is 484 g/mol. The highest BCUT2D eigenvalue weighted by Gasteiger charge is 2.24. The predicted molar refractivity (Wildman–Crippen MR) is 126 cm³/mol. The first-order chi connectivity index (χ1) is 15.8. The summed E-state index contributed by atoms with van der Waals surface area (Å²) in [5, 5.41) is 1.83. The van der Waals surface area contributed by atoms with Gasteiger partial charge in [-0.3, -0.25) is 13.5 Å². The van der Waals surface area contributed by atoms with E-state index < -0.39 is 16.0 Å². The van der Waals surface area contributed by atoms with E-state index in [-0.39, 0.29) is 29.2 Å². The quantitative estimate of drug-likeness (QED) is 0.372. The summed E-state index contributed by atoms with van der Waals surface area (Å²) in [5.41, 5.74) is 1.65. The lowest BCUT2D eigenvalue weighted by Crippen LogP contribution is -2.30. The van der Waals surface area contributed by atoms with Crippen molar-refractivity contribution in [3.8, 4) is 0 Å². The molecule has 33 heavy (non-hydrogen) atoms. The molecule has 0 fully saturated rings. The molecule has 2 heterocycles. The minimum Gasteiger partial charge on any atom is -0.456 e. The van der Waals surface area contributed by atoms with Crippen molar-refractivity contribution in [3.63, 3.8) is 0 Å². The number of carbonyl (C=O) groups excluding carboxylic acids is 1. The number of anilines is 1. The Hall–Kier alpha value is -3.50. The highest BCUT2D eigenvalue weighted by Crippen LogP contribution is 2.23. The molecule has 10 heteroatoms. The van der Waals surface area contributed by atoms with E-state index in [0.717, 1.165) is 5.69 Å². The van der Waals surface area contributed by atoms with E-state index in [1.54, 1.807) is 31.2 Å². The van der Waals surface area contributed by atoms with Crippen molar-refractivity contribution in [2.75, 3.05) is 10.8 Å². The van der Waals surface area contributed by atoms with Gasteiger partial charge < -0.3 is 4.74 Å². The van der Waals surface area contributed by atoms with E-state index in [2.05, 4.69) is 4.98 Å². The fourth-order valence-electron chi connectivity index (χ4n) is 3.37. The first-order valence-corrected chi connectivity index (χ1v) is 12.4. The zero-order valence-electron chi connectivity index (χ0n) is 18.0. The number of hydrogen-bond donors (Lipinski definition) is 0. The molecule has 4 rings (SSSR count). The van der Waals surface area contributed by atoms with Gasteiger partial charge in [-0.2, -0.15) is 0 Å². The van der Waals surface area contributed by atoms with Crippen LogP contribution in [0.1, 0.15) is 28.7 Å². The summed E-state index contributed by atoms with van der Waals surface area (Å²) in [6.07, 6.45) is 0. The number of aromatic nitrogens is 2. The number of hydrogen-bond acceptors (Lipinski definition) is 7. The fraction of sp³-hybridized carbons (Fsp3) is 0.174. The number of rotatable bonds is 7. The topological polar surface area (TPSA) is 98.0 Å². The van der Waals surface area contributed by atoms with Gasteiger partial charge >= 0.3 is 5.97 Å². The molecule has 0 N–H and O–H groups in total. The van der Waals surface area contributed by atoms with Gasteiger partial charge in [0.2, 0.25) is 0 Å². The Morgan fingerprint density at radius 2 is 1.82 bits per heavy atom. The Labute approximate surface area is 194 Å². The third kappa shape index (κ3) is 4.53. The SMILES string of the molecule is CCN(c1ccccc1)S(=O)(=O)c1ccc(C(=O)OCc2cc(=O)n3c(C)csc3n2)cc1. The molecule has 0 aliphatic rings. The normalized spacial score (nSPS) is 11.5. The molecule has 0 aliphatic carbocycles. The maximum Gasteiger partial charge on any atom is 0.338 e. The maximum atomic E-state index is 13.1. The zero-order chi connectivity index (χ0) is 23.6. The minimum atomic E-state index is -3.79. The average Bonchev–Trinajstić information content (AvgIpc) is 3.19. The summed E-state index contributed by atoms with van der Waals surface area (Å²) in [7, 11) is -3.79. The van der Waals surface area contributed by atoms with E-state index >= 15 is 0 Å². The van der Waals surface area contributed by atoms with E-state index in [9.17, 15) is 18.0 Å². The van der Waals surface area contributed by atoms with Crippen LogP contribution in [0.15, 0.2) is 75.7 Å². The number of esters is 1. The Bertz CT molecular complexity index is 1460. The molecule has 0 radical (unpaired) electrons. The van der Waals surface area contributed by atoms with Gasteiger partial charge in [-0.25, -0.2) is 18.2 Å². The van der Waals surface area contributed by atoms with Crippen LogP contribution in [-0.2, 0) is 21.4 Å². The molecule has 0 amide bonds. The van der Waals surface area contributed by atoms with Crippen LogP contribution in [0.3, 0.4) is 0 Å². The second-order valence-electron chi connectivity index (χ2n) is 7.19. The summed E-state index contributed by atoms with van der Waals surface area (Å²) >= 11 is 1.33. The van der Waals surface area contributed by atoms with E-state index in [1.807, 2.05) is 18.4 Å². The lowest BCUT2D eigenvalue weighted by molar-refractivity contribution is 0.0467. The molecular weight excluding hydrogens is 462 g/mol. The number of benzene rings is 2. The monoisotopic (exact) mass is 483 g/mol. The van der Waals surface area contributed by atoms with Crippen LogP contribution in [-0.4, -0.2) is 30.3 Å².